The van der Waals surface area contributed by atoms with Gasteiger partial charge in [0.25, 0.3) is 0 Å². The van der Waals surface area contributed by atoms with Gasteiger partial charge >= 0.3 is 5.97 Å². The molecule has 0 atom stereocenters. The molecule has 0 amide bonds. The minimum Gasteiger partial charge on any atom is -0.462 e. The molecular formula is C25H20O2. The van der Waals surface area contributed by atoms with Crippen LogP contribution >= 0.6 is 0 Å². The Balaban J connectivity index is 2.23. The van der Waals surface area contributed by atoms with Crippen molar-refractivity contribution in [1.29, 1.82) is 0 Å². The average Bonchev–Trinajstić information content (AvgIpc) is 2.73. The van der Waals surface area contributed by atoms with Crippen molar-refractivity contribution in [1.82, 2.24) is 0 Å². The van der Waals surface area contributed by atoms with Crippen LogP contribution in [0.4, 0.5) is 0 Å². The minimum absolute atomic E-state index is 0.309. The third-order valence-electron chi connectivity index (χ3n) is 3.96. The first-order valence-electron chi connectivity index (χ1n) is 8.89. The summed E-state index contributed by atoms with van der Waals surface area (Å²) in [6.07, 6.45) is 0. The van der Waals surface area contributed by atoms with E-state index in [0.717, 1.165) is 16.7 Å². The molecule has 0 unspecified atom stereocenters. The highest BCUT2D eigenvalue weighted by atomic mass is 16.5. The molecule has 0 N–H and O–H groups in total. The maximum atomic E-state index is 12.8. The quantitative estimate of drug-likeness (QED) is 0.279. The number of esters is 1. The predicted molar refractivity (Wildman–Crippen MR) is 110 cm³/mol. The molecule has 2 nitrogen and oxygen atoms in total. The molecule has 0 radical (unpaired) electrons. The number of benzene rings is 3. The van der Waals surface area contributed by atoms with Crippen molar-refractivity contribution in [2.75, 3.05) is 6.61 Å². The SMILES string of the molecule is CCOC(=O)/C(=C(\C#Cc1ccccc1)c1ccccc1)c1ccccc1. The van der Waals surface area contributed by atoms with E-state index in [2.05, 4.69) is 11.8 Å². The van der Waals surface area contributed by atoms with Gasteiger partial charge in [-0.3, -0.25) is 0 Å². The molecule has 0 saturated carbocycles. The van der Waals surface area contributed by atoms with Gasteiger partial charge in [0, 0.05) is 11.1 Å². The second kappa shape index (κ2) is 9.22. The van der Waals surface area contributed by atoms with Gasteiger partial charge in [-0.05, 0) is 30.2 Å². The molecule has 0 heterocycles. The van der Waals surface area contributed by atoms with Gasteiger partial charge in [-0.2, -0.15) is 0 Å². The molecular weight excluding hydrogens is 332 g/mol. The molecule has 0 spiro atoms. The van der Waals surface area contributed by atoms with Crippen molar-refractivity contribution in [2.45, 2.75) is 6.92 Å². The van der Waals surface area contributed by atoms with Gasteiger partial charge in [0.2, 0.25) is 0 Å². The van der Waals surface area contributed by atoms with Crippen LogP contribution in [0.3, 0.4) is 0 Å². The van der Waals surface area contributed by atoms with Gasteiger partial charge in [0.05, 0.1) is 12.2 Å². The Labute approximate surface area is 160 Å². The molecule has 0 aromatic heterocycles. The Hall–Kier alpha value is -3.57. The van der Waals surface area contributed by atoms with E-state index in [0.29, 0.717) is 17.8 Å². The number of ether oxygens (including phenoxy) is 1. The molecule has 0 bridgehead atoms. The number of hydrogen-bond donors (Lipinski definition) is 0. The number of rotatable bonds is 4. The maximum absolute atomic E-state index is 12.8. The van der Waals surface area contributed by atoms with Crippen LogP contribution in [0, 0.1) is 11.8 Å². The normalized spacial score (nSPS) is 11.0. The molecule has 132 valence electrons. The second-order valence-corrected chi connectivity index (χ2v) is 5.82. The predicted octanol–water partition coefficient (Wildman–Crippen LogP) is 5.21. The van der Waals surface area contributed by atoms with E-state index >= 15 is 0 Å². The Morgan fingerprint density at radius 3 is 1.85 bits per heavy atom. The zero-order valence-corrected chi connectivity index (χ0v) is 15.2. The zero-order valence-electron chi connectivity index (χ0n) is 15.2. The van der Waals surface area contributed by atoms with Crippen LogP contribution in [-0.2, 0) is 9.53 Å². The molecule has 27 heavy (non-hydrogen) atoms. The Morgan fingerprint density at radius 2 is 1.30 bits per heavy atom. The van der Waals surface area contributed by atoms with E-state index in [1.165, 1.54) is 0 Å². The van der Waals surface area contributed by atoms with Crippen molar-refractivity contribution in [3.63, 3.8) is 0 Å². The lowest BCUT2D eigenvalue weighted by Gasteiger charge is -2.11. The van der Waals surface area contributed by atoms with Crippen molar-refractivity contribution >= 4 is 17.1 Å². The van der Waals surface area contributed by atoms with Gasteiger partial charge in [0.1, 0.15) is 0 Å². The fraction of sp³-hybridized carbons (Fsp3) is 0.0800. The van der Waals surface area contributed by atoms with E-state index in [-0.39, 0.29) is 5.97 Å². The summed E-state index contributed by atoms with van der Waals surface area (Å²) in [7, 11) is 0. The highest BCUT2D eigenvalue weighted by Crippen LogP contribution is 2.27. The third-order valence-corrected chi connectivity index (χ3v) is 3.96. The minimum atomic E-state index is -0.370. The van der Waals surface area contributed by atoms with E-state index in [1.54, 1.807) is 6.92 Å². The Kier molecular flexibility index (Phi) is 6.22. The highest BCUT2D eigenvalue weighted by molar-refractivity contribution is 6.26. The van der Waals surface area contributed by atoms with E-state index in [1.807, 2.05) is 91.0 Å². The molecule has 0 aliphatic heterocycles. The lowest BCUT2D eigenvalue weighted by atomic mass is 9.94. The molecule has 0 saturated heterocycles. The summed E-state index contributed by atoms with van der Waals surface area (Å²) in [6, 6.07) is 29.0. The number of carbonyl (C=O) groups is 1. The molecule has 3 aromatic rings. The average molecular weight is 352 g/mol. The van der Waals surface area contributed by atoms with Gasteiger partial charge < -0.3 is 4.74 Å². The summed E-state index contributed by atoms with van der Waals surface area (Å²) in [5.41, 5.74) is 3.70. The van der Waals surface area contributed by atoms with E-state index in [4.69, 9.17) is 4.74 Å². The number of hydrogen-bond acceptors (Lipinski definition) is 2. The number of allylic oxidation sites excluding steroid dienone is 1. The monoisotopic (exact) mass is 352 g/mol. The summed E-state index contributed by atoms with van der Waals surface area (Å²) in [5, 5.41) is 0. The van der Waals surface area contributed by atoms with Crippen molar-refractivity contribution in [2.24, 2.45) is 0 Å². The molecule has 3 rings (SSSR count). The number of carbonyl (C=O) groups excluding carboxylic acids is 1. The summed E-state index contributed by atoms with van der Waals surface area (Å²) < 4.78 is 5.35. The van der Waals surface area contributed by atoms with E-state index in [9.17, 15) is 4.79 Å². The van der Waals surface area contributed by atoms with Crippen molar-refractivity contribution < 1.29 is 9.53 Å². The van der Waals surface area contributed by atoms with Gasteiger partial charge in [0.15, 0.2) is 0 Å². The summed E-state index contributed by atoms with van der Waals surface area (Å²) in [6.45, 7) is 2.11. The largest absolute Gasteiger partial charge is 0.462 e. The fourth-order valence-corrected chi connectivity index (χ4v) is 2.71. The van der Waals surface area contributed by atoms with Crippen LogP contribution in [0.2, 0.25) is 0 Å². The van der Waals surface area contributed by atoms with Gasteiger partial charge in [-0.1, -0.05) is 90.7 Å². The Bertz CT molecular complexity index is 976. The van der Waals surface area contributed by atoms with Gasteiger partial charge in [-0.25, -0.2) is 4.79 Å². The van der Waals surface area contributed by atoms with Crippen LogP contribution in [-0.4, -0.2) is 12.6 Å². The molecule has 0 fully saturated rings. The van der Waals surface area contributed by atoms with Crippen LogP contribution in [0.15, 0.2) is 91.0 Å². The topological polar surface area (TPSA) is 26.3 Å². The highest BCUT2D eigenvalue weighted by Gasteiger charge is 2.19. The summed E-state index contributed by atoms with van der Waals surface area (Å²) in [5.74, 6) is 6.02. The standard InChI is InChI=1S/C25H20O2/c1-2-27-25(26)24(22-16-10-5-11-17-22)23(21-14-8-4-9-15-21)19-18-20-12-6-3-7-13-20/h3-17H,2H2,1H3/b24-23+. The fourth-order valence-electron chi connectivity index (χ4n) is 2.71. The molecule has 3 aromatic carbocycles. The first-order valence-corrected chi connectivity index (χ1v) is 8.89. The summed E-state index contributed by atoms with van der Waals surface area (Å²) in [4.78, 5) is 12.8. The van der Waals surface area contributed by atoms with Crippen LogP contribution < -0.4 is 0 Å². The lowest BCUT2D eigenvalue weighted by molar-refractivity contribution is -0.136. The second-order valence-electron chi connectivity index (χ2n) is 5.82. The van der Waals surface area contributed by atoms with Crippen LogP contribution in [0.1, 0.15) is 23.6 Å². The molecule has 0 aliphatic rings. The molecule has 2 heteroatoms. The van der Waals surface area contributed by atoms with Crippen molar-refractivity contribution in [3.05, 3.63) is 108 Å². The maximum Gasteiger partial charge on any atom is 0.340 e. The smallest absolute Gasteiger partial charge is 0.340 e. The summed E-state index contributed by atoms with van der Waals surface area (Å²) >= 11 is 0. The van der Waals surface area contributed by atoms with Gasteiger partial charge in [-0.15, -0.1) is 0 Å². The Morgan fingerprint density at radius 1 is 0.778 bits per heavy atom. The first-order chi connectivity index (χ1) is 13.3. The lowest BCUT2D eigenvalue weighted by Crippen LogP contribution is -2.09. The zero-order chi connectivity index (χ0) is 18.9. The van der Waals surface area contributed by atoms with E-state index < -0.39 is 0 Å². The third kappa shape index (κ3) is 4.74. The molecule has 0 aliphatic carbocycles. The first kappa shape index (κ1) is 18.2. The van der Waals surface area contributed by atoms with Crippen molar-refractivity contribution in [3.8, 4) is 11.8 Å². The van der Waals surface area contributed by atoms with Crippen LogP contribution in [0.5, 0.6) is 0 Å². The van der Waals surface area contributed by atoms with Crippen LogP contribution in [0.25, 0.3) is 11.1 Å².